The summed E-state index contributed by atoms with van der Waals surface area (Å²) in [6.45, 7) is 5.29. The van der Waals surface area contributed by atoms with Crippen LogP contribution in [0.25, 0.3) is 11.3 Å². The molecule has 0 radical (unpaired) electrons. The van der Waals surface area contributed by atoms with Crippen LogP contribution in [0.1, 0.15) is 38.2 Å². The molecule has 5 nitrogen and oxygen atoms in total. The molecule has 0 aliphatic carbocycles. The monoisotopic (exact) mass is 562 g/mol. The highest BCUT2D eigenvalue weighted by atomic mass is 35.5. The van der Waals surface area contributed by atoms with Gasteiger partial charge in [0.15, 0.2) is 4.34 Å². The van der Waals surface area contributed by atoms with Crippen molar-refractivity contribution in [3.63, 3.8) is 0 Å². The summed E-state index contributed by atoms with van der Waals surface area (Å²) >= 11 is 15.9. The normalized spacial score (nSPS) is 15.7. The Bertz CT molecular complexity index is 1150. The lowest BCUT2D eigenvalue weighted by molar-refractivity contribution is -0.114. The number of benzene rings is 2. The molecule has 9 heteroatoms. The van der Waals surface area contributed by atoms with Gasteiger partial charge in [-0.3, -0.25) is 9.69 Å². The fraction of sp³-hybridized carbons (Fsp3) is 0.407. The first-order valence-corrected chi connectivity index (χ1v) is 14.8. The van der Waals surface area contributed by atoms with E-state index in [0.29, 0.717) is 21.2 Å². The first kappa shape index (κ1) is 27.4. The number of piperidine rings is 1. The van der Waals surface area contributed by atoms with Gasteiger partial charge in [0.25, 0.3) is 0 Å². The summed E-state index contributed by atoms with van der Waals surface area (Å²) in [5, 5.41) is 6.66. The van der Waals surface area contributed by atoms with Crippen LogP contribution in [0.3, 0.4) is 0 Å². The predicted octanol–water partition coefficient (Wildman–Crippen LogP) is 7.19. The molecule has 4 rings (SSSR count). The molecule has 1 fully saturated rings. The molecule has 1 saturated heterocycles. The number of carbonyl (C=O) groups is 1. The number of thiazole rings is 1. The summed E-state index contributed by atoms with van der Waals surface area (Å²) in [7, 11) is 0. The Labute approximate surface area is 231 Å². The Morgan fingerprint density at radius 2 is 1.94 bits per heavy atom. The van der Waals surface area contributed by atoms with Gasteiger partial charge in [-0.05, 0) is 81.1 Å². The number of nitrogens with one attached hydrogen (secondary N) is 1. The SMILES string of the molecule is CC(=O)Nc1ccc(-c2csc(SC(CCCN)C3CCN(Cc4ccc(Cl)c(Cl)c4)CC3)n2)cc1. The molecule has 1 amide bonds. The molecule has 2 heterocycles. The van der Waals surface area contributed by atoms with Gasteiger partial charge in [0, 0.05) is 35.3 Å². The number of hydrogen-bond acceptors (Lipinski definition) is 6. The van der Waals surface area contributed by atoms with Crippen LogP contribution in [-0.4, -0.2) is 40.7 Å². The molecule has 1 unspecified atom stereocenters. The van der Waals surface area contributed by atoms with E-state index in [-0.39, 0.29) is 5.91 Å². The molecule has 2 aromatic carbocycles. The third kappa shape index (κ3) is 7.70. The van der Waals surface area contributed by atoms with Crippen LogP contribution in [0.4, 0.5) is 5.69 Å². The number of nitrogens with two attached hydrogens (primary N) is 1. The fourth-order valence-corrected chi connectivity index (χ4v) is 7.36. The number of amides is 1. The standard InChI is InChI=1S/C27H32Cl2N4OS2/c1-18(34)31-22-7-5-20(6-8-22)25-17-35-27(32-25)36-26(3-2-12-30)21-10-13-33(14-11-21)16-19-4-9-23(28)24(29)15-19/h4-9,15,17,21,26H,2-3,10-14,16,30H2,1H3,(H,31,34). The molecule has 192 valence electrons. The van der Waals surface area contributed by atoms with Crippen LogP contribution in [0.2, 0.25) is 10.0 Å². The minimum atomic E-state index is -0.0705. The molecule has 0 bridgehead atoms. The number of thioether (sulfide) groups is 1. The molecular weight excluding hydrogens is 531 g/mol. The van der Waals surface area contributed by atoms with Crippen LogP contribution in [-0.2, 0) is 11.3 Å². The smallest absolute Gasteiger partial charge is 0.221 e. The van der Waals surface area contributed by atoms with Gasteiger partial charge >= 0.3 is 0 Å². The van der Waals surface area contributed by atoms with Gasteiger partial charge in [-0.25, -0.2) is 4.98 Å². The zero-order chi connectivity index (χ0) is 25.5. The van der Waals surface area contributed by atoms with E-state index in [1.54, 1.807) is 11.3 Å². The lowest BCUT2D eigenvalue weighted by atomic mass is 9.90. The van der Waals surface area contributed by atoms with Gasteiger partial charge < -0.3 is 11.1 Å². The number of nitrogens with zero attached hydrogens (tertiary/aromatic N) is 2. The zero-order valence-electron chi connectivity index (χ0n) is 20.4. The molecule has 3 aromatic rings. The summed E-state index contributed by atoms with van der Waals surface area (Å²) in [6, 6.07) is 13.8. The first-order valence-electron chi connectivity index (χ1n) is 12.3. The van der Waals surface area contributed by atoms with Crippen molar-refractivity contribution in [2.45, 2.75) is 48.7 Å². The van der Waals surface area contributed by atoms with Crippen molar-refractivity contribution in [1.29, 1.82) is 0 Å². The number of hydrogen-bond donors (Lipinski definition) is 2. The second kappa shape index (κ2) is 13.3. The second-order valence-corrected chi connectivity index (χ2v) is 12.4. The van der Waals surface area contributed by atoms with Gasteiger partial charge in [-0.2, -0.15) is 0 Å². The maximum atomic E-state index is 11.3. The number of likely N-dealkylation sites (tertiary alicyclic amines) is 1. The van der Waals surface area contributed by atoms with Gasteiger partial charge in [0.05, 0.1) is 15.7 Å². The topological polar surface area (TPSA) is 71.2 Å². The lowest BCUT2D eigenvalue weighted by Gasteiger charge is -2.35. The van der Waals surface area contributed by atoms with Crippen LogP contribution >= 0.6 is 46.3 Å². The summed E-state index contributed by atoms with van der Waals surface area (Å²) in [5.41, 5.74) is 9.91. The highest BCUT2D eigenvalue weighted by Gasteiger charge is 2.28. The van der Waals surface area contributed by atoms with E-state index < -0.39 is 0 Å². The van der Waals surface area contributed by atoms with E-state index >= 15 is 0 Å². The number of halogens is 2. The quantitative estimate of drug-likeness (QED) is 0.256. The molecule has 0 spiro atoms. The minimum Gasteiger partial charge on any atom is -0.330 e. The molecule has 3 N–H and O–H groups in total. The predicted molar refractivity (Wildman–Crippen MR) is 154 cm³/mol. The summed E-state index contributed by atoms with van der Waals surface area (Å²) < 4.78 is 1.11. The molecule has 1 aliphatic heterocycles. The summed E-state index contributed by atoms with van der Waals surface area (Å²) in [4.78, 5) is 18.7. The Hall–Kier alpha value is -1.61. The number of aromatic nitrogens is 1. The van der Waals surface area contributed by atoms with E-state index in [1.807, 2.05) is 48.2 Å². The maximum absolute atomic E-state index is 11.3. The van der Waals surface area contributed by atoms with E-state index in [4.69, 9.17) is 33.9 Å². The first-order chi connectivity index (χ1) is 17.4. The highest BCUT2D eigenvalue weighted by Crippen LogP contribution is 2.39. The number of carbonyl (C=O) groups excluding carboxylic acids is 1. The number of rotatable bonds is 10. The van der Waals surface area contributed by atoms with Crippen molar-refractivity contribution in [2.24, 2.45) is 11.7 Å². The minimum absolute atomic E-state index is 0.0705. The Morgan fingerprint density at radius 3 is 2.61 bits per heavy atom. The summed E-state index contributed by atoms with van der Waals surface area (Å²) in [5.74, 6) is 0.578. The maximum Gasteiger partial charge on any atom is 0.221 e. The molecule has 36 heavy (non-hydrogen) atoms. The van der Waals surface area contributed by atoms with Crippen LogP contribution in [0.15, 0.2) is 52.2 Å². The fourth-order valence-electron chi connectivity index (χ4n) is 4.59. The van der Waals surface area contributed by atoms with Crippen molar-refractivity contribution in [3.8, 4) is 11.3 Å². The second-order valence-electron chi connectivity index (χ2n) is 9.21. The van der Waals surface area contributed by atoms with Crippen molar-refractivity contribution >= 4 is 57.9 Å². The van der Waals surface area contributed by atoms with E-state index in [0.717, 1.165) is 60.3 Å². The van der Waals surface area contributed by atoms with Crippen LogP contribution in [0, 0.1) is 5.92 Å². The lowest BCUT2D eigenvalue weighted by Crippen LogP contribution is -2.36. The third-order valence-corrected chi connectivity index (χ3v) is 9.64. The molecule has 1 atom stereocenters. The van der Waals surface area contributed by atoms with Crippen molar-refractivity contribution in [1.82, 2.24) is 9.88 Å². The van der Waals surface area contributed by atoms with E-state index in [2.05, 4.69) is 21.7 Å². The molecule has 0 saturated carbocycles. The Kier molecular flexibility index (Phi) is 10.1. The molecular formula is C27H32Cl2N4OS2. The van der Waals surface area contributed by atoms with Gasteiger partial charge in [-0.1, -0.05) is 53.2 Å². The van der Waals surface area contributed by atoms with Crippen LogP contribution in [0.5, 0.6) is 0 Å². The van der Waals surface area contributed by atoms with Crippen molar-refractivity contribution < 1.29 is 4.79 Å². The van der Waals surface area contributed by atoms with Crippen LogP contribution < -0.4 is 11.1 Å². The summed E-state index contributed by atoms with van der Waals surface area (Å²) in [6.07, 6.45) is 4.49. The largest absolute Gasteiger partial charge is 0.330 e. The zero-order valence-corrected chi connectivity index (χ0v) is 23.5. The molecule has 1 aromatic heterocycles. The van der Waals surface area contributed by atoms with Crippen molar-refractivity contribution in [2.75, 3.05) is 25.0 Å². The number of anilines is 1. The highest BCUT2D eigenvalue weighted by molar-refractivity contribution is 8.01. The van der Waals surface area contributed by atoms with Gasteiger partial charge in [-0.15, -0.1) is 11.3 Å². The van der Waals surface area contributed by atoms with Gasteiger partial charge in [0.1, 0.15) is 0 Å². The van der Waals surface area contributed by atoms with Gasteiger partial charge in [0.2, 0.25) is 5.91 Å². The van der Waals surface area contributed by atoms with E-state index in [9.17, 15) is 4.79 Å². The molecule has 1 aliphatic rings. The average molecular weight is 564 g/mol. The Morgan fingerprint density at radius 1 is 1.19 bits per heavy atom. The van der Waals surface area contributed by atoms with E-state index in [1.165, 1.54) is 25.3 Å². The third-order valence-electron chi connectivity index (χ3n) is 6.48. The average Bonchev–Trinajstić information content (AvgIpc) is 3.33. The Balaban J connectivity index is 1.35. The van der Waals surface area contributed by atoms with Crippen molar-refractivity contribution in [3.05, 3.63) is 63.5 Å².